The van der Waals surface area contributed by atoms with Crippen LogP contribution in [0.15, 0.2) is 69.6 Å². The zero-order valence-corrected chi connectivity index (χ0v) is 17.0. The minimum absolute atomic E-state index is 0.00520. The van der Waals surface area contributed by atoms with E-state index in [0.717, 1.165) is 10.0 Å². The van der Waals surface area contributed by atoms with Crippen LogP contribution in [0.1, 0.15) is 11.1 Å². The smallest absolute Gasteiger partial charge is 0.262 e. The van der Waals surface area contributed by atoms with Crippen molar-refractivity contribution in [2.45, 2.75) is 6.54 Å². The second-order valence-electron chi connectivity index (χ2n) is 5.24. The summed E-state index contributed by atoms with van der Waals surface area (Å²) in [6, 6.07) is 15.1. The summed E-state index contributed by atoms with van der Waals surface area (Å²) in [4.78, 5) is 12.4. The van der Waals surface area contributed by atoms with Crippen molar-refractivity contribution in [2.75, 3.05) is 6.61 Å². The molecular formula is C20H16Br2N2O2. The highest BCUT2D eigenvalue weighted by Crippen LogP contribution is 2.34. The molecule has 0 bridgehead atoms. The predicted octanol–water partition coefficient (Wildman–Crippen LogP) is 5.00. The lowest BCUT2D eigenvalue weighted by atomic mass is 10.1. The first-order valence-electron chi connectivity index (χ1n) is 7.71. The van der Waals surface area contributed by atoms with E-state index in [9.17, 15) is 10.1 Å². The van der Waals surface area contributed by atoms with Gasteiger partial charge in [-0.2, -0.15) is 5.26 Å². The zero-order chi connectivity index (χ0) is 18.9. The fourth-order valence-electron chi connectivity index (χ4n) is 2.16. The van der Waals surface area contributed by atoms with E-state index in [1.54, 1.807) is 12.1 Å². The lowest BCUT2D eigenvalue weighted by Crippen LogP contribution is -2.23. The zero-order valence-electron chi connectivity index (χ0n) is 13.8. The van der Waals surface area contributed by atoms with E-state index in [1.165, 1.54) is 6.08 Å². The number of halogens is 2. The molecule has 0 aromatic heterocycles. The number of hydrogen-bond donors (Lipinski definition) is 1. The summed E-state index contributed by atoms with van der Waals surface area (Å²) >= 11 is 6.84. The van der Waals surface area contributed by atoms with Crippen LogP contribution in [0.5, 0.6) is 5.75 Å². The molecular weight excluding hydrogens is 460 g/mol. The second kappa shape index (κ2) is 9.95. The van der Waals surface area contributed by atoms with Gasteiger partial charge in [0.05, 0.1) is 4.47 Å². The number of carbonyl (C=O) groups excluding carboxylic acids is 1. The van der Waals surface area contributed by atoms with E-state index >= 15 is 0 Å². The van der Waals surface area contributed by atoms with Crippen LogP contribution in [0.4, 0.5) is 0 Å². The molecule has 1 amide bonds. The monoisotopic (exact) mass is 474 g/mol. The summed E-state index contributed by atoms with van der Waals surface area (Å²) in [6.07, 6.45) is 3.13. The number of ether oxygens (including phenoxy) is 1. The van der Waals surface area contributed by atoms with Crippen LogP contribution in [0, 0.1) is 11.3 Å². The van der Waals surface area contributed by atoms with Crippen LogP contribution in [0.25, 0.3) is 6.08 Å². The molecule has 0 heterocycles. The van der Waals surface area contributed by atoms with Gasteiger partial charge < -0.3 is 10.1 Å². The molecule has 2 rings (SSSR count). The summed E-state index contributed by atoms with van der Waals surface area (Å²) < 4.78 is 7.16. The fraction of sp³-hybridized carbons (Fsp3) is 0.100. The standard InChI is InChI=1S/C20H16Br2N2O2/c1-2-8-26-19-15(10-17(21)11-18(19)22)9-16(12-23)20(25)24-13-14-6-4-3-5-7-14/h2-7,9-11H,1,8,13H2,(H,24,25)/b16-9+. The maximum absolute atomic E-state index is 12.4. The Labute approximate surface area is 169 Å². The lowest BCUT2D eigenvalue weighted by Gasteiger charge is -2.11. The molecule has 0 spiro atoms. The third-order valence-electron chi connectivity index (χ3n) is 3.34. The van der Waals surface area contributed by atoms with Crippen molar-refractivity contribution in [1.82, 2.24) is 5.32 Å². The van der Waals surface area contributed by atoms with Crippen molar-refractivity contribution in [3.8, 4) is 11.8 Å². The Morgan fingerprint density at radius 1 is 1.27 bits per heavy atom. The molecule has 0 unspecified atom stereocenters. The first-order valence-corrected chi connectivity index (χ1v) is 9.30. The maximum atomic E-state index is 12.4. The molecule has 4 nitrogen and oxygen atoms in total. The van der Waals surface area contributed by atoms with E-state index < -0.39 is 5.91 Å². The van der Waals surface area contributed by atoms with E-state index in [2.05, 4.69) is 43.8 Å². The number of rotatable bonds is 7. The Kier molecular flexibility index (Phi) is 7.64. The van der Waals surface area contributed by atoms with Gasteiger partial charge in [-0.3, -0.25) is 4.79 Å². The SMILES string of the molecule is C=CCOc1c(Br)cc(Br)cc1/C=C(\C#N)C(=O)NCc1ccccc1. The number of nitriles is 1. The number of nitrogens with one attached hydrogen (secondary N) is 1. The topological polar surface area (TPSA) is 62.1 Å². The summed E-state index contributed by atoms with van der Waals surface area (Å²) in [5.74, 6) is 0.0961. The van der Waals surface area contributed by atoms with Gasteiger partial charge >= 0.3 is 0 Å². The number of carbonyl (C=O) groups is 1. The van der Waals surface area contributed by atoms with Gasteiger partial charge in [0.1, 0.15) is 24.0 Å². The second-order valence-corrected chi connectivity index (χ2v) is 7.01. The molecule has 0 atom stereocenters. The average Bonchev–Trinajstić information content (AvgIpc) is 2.64. The molecule has 0 saturated heterocycles. The molecule has 0 aliphatic heterocycles. The van der Waals surface area contributed by atoms with Gasteiger partial charge in [0.15, 0.2) is 0 Å². The molecule has 1 N–H and O–H groups in total. The summed E-state index contributed by atoms with van der Waals surface area (Å²) in [7, 11) is 0. The molecule has 132 valence electrons. The van der Waals surface area contributed by atoms with Crippen LogP contribution < -0.4 is 10.1 Å². The number of amides is 1. The Morgan fingerprint density at radius 2 is 2.00 bits per heavy atom. The van der Waals surface area contributed by atoms with Gasteiger partial charge in [0.2, 0.25) is 0 Å². The average molecular weight is 476 g/mol. The van der Waals surface area contributed by atoms with Gasteiger partial charge in [-0.1, -0.05) is 58.9 Å². The van der Waals surface area contributed by atoms with Crippen molar-refractivity contribution in [3.63, 3.8) is 0 Å². The Morgan fingerprint density at radius 3 is 2.65 bits per heavy atom. The van der Waals surface area contributed by atoms with E-state index in [-0.39, 0.29) is 5.57 Å². The van der Waals surface area contributed by atoms with Crippen LogP contribution >= 0.6 is 31.9 Å². The molecule has 6 heteroatoms. The molecule has 26 heavy (non-hydrogen) atoms. The van der Waals surface area contributed by atoms with Crippen molar-refractivity contribution in [2.24, 2.45) is 0 Å². The molecule has 2 aromatic rings. The highest BCUT2D eigenvalue weighted by atomic mass is 79.9. The van der Waals surface area contributed by atoms with Crippen LogP contribution in [-0.4, -0.2) is 12.5 Å². The Bertz CT molecular complexity index is 871. The van der Waals surface area contributed by atoms with Crippen LogP contribution in [0.3, 0.4) is 0 Å². The maximum Gasteiger partial charge on any atom is 0.262 e. The van der Waals surface area contributed by atoms with Gasteiger partial charge in [-0.15, -0.1) is 0 Å². The van der Waals surface area contributed by atoms with Crippen molar-refractivity contribution in [1.29, 1.82) is 5.26 Å². The fourth-order valence-corrected chi connectivity index (χ4v) is 3.53. The summed E-state index contributed by atoms with van der Waals surface area (Å²) in [6.45, 7) is 4.29. The molecule has 0 saturated carbocycles. The first-order chi connectivity index (χ1) is 12.5. The number of nitrogens with zero attached hydrogens (tertiary/aromatic N) is 1. The van der Waals surface area contributed by atoms with Crippen molar-refractivity contribution < 1.29 is 9.53 Å². The third-order valence-corrected chi connectivity index (χ3v) is 4.39. The lowest BCUT2D eigenvalue weighted by molar-refractivity contribution is -0.117. The van der Waals surface area contributed by atoms with Crippen molar-refractivity contribution >= 4 is 43.8 Å². The van der Waals surface area contributed by atoms with Crippen molar-refractivity contribution in [3.05, 3.63) is 80.8 Å². The largest absolute Gasteiger partial charge is 0.488 e. The first kappa shape index (κ1) is 20.0. The van der Waals surface area contributed by atoms with Crippen LogP contribution in [0.2, 0.25) is 0 Å². The van der Waals surface area contributed by atoms with E-state index in [0.29, 0.717) is 28.9 Å². The molecule has 0 aliphatic carbocycles. The molecule has 0 radical (unpaired) electrons. The van der Waals surface area contributed by atoms with Gasteiger partial charge in [0.25, 0.3) is 5.91 Å². The predicted molar refractivity (Wildman–Crippen MR) is 109 cm³/mol. The molecule has 0 aliphatic rings. The summed E-state index contributed by atoms with van der Waals surface area (Å²) in [5, 5.41) is 12.2. The number of hydrogen-bond acceptors (Lipinski definition) is 3. The Balaban J connectivity index is 2.25. The van der Waals surface area contributed by atoms with Crippen LogP contribution in [-0.2, 0) is 11.3 Å². The number of benzene rings is 2. The quantitative estimate of drug-likeness (QED) is 0.348. The highest BCUT2D eigenvalue weighted by molar-refractivity contribution is 9.11. The van der Waals surface area contributed by atoms with E-state index in [4.69, 9.17) is 4.74 Å². The third kappa shape index (κ3) is 5.58. The minimum atomic E-state index is -0.442. The van der Waals surface area contributed by atoms with E-state index in [1.807, 2.05) is 42.5 Å². The van der Waals surface area contributed by atoms with Gasteiger partial charge in [0, 0.05) is 16.6 Å². The van der Waals surface area contributed by atoms with Gasteiger partial charge in [-0.25, -0.2) is 0 Å². The summed E-state index contributed by atoms with van der Waals surface area (Å²) in [5.41, 5.74) is 1.56. The molecule has 0 fully saturated rings. The Hall–Kier alpha value is -2.36. The van der Waals surface area contributed by atoms with Gasteiger partial charge in [-0.05, 0) is 39.7 Å². The minimum Gasteiger partial charge on any atom is -0.488 e. The molecule has 2 aromatic carbocycles. The normalized spacial score (nSPS) is 10.7. The highest BCUT2D eigenvalue weighted by Gasteiger charge is 2.13.